The second-order valence-electron chi connectivity index (χ2n) is 4.23. The Morgan fingerprint density at radius 3 is 2.45 bits per heavy atom. The Morgan fingerprint density at radius 1 is 1.18 bits per heavy atom. The topological polar surface area (TPSA) is 93.5 Å². The third-order valence-electron chi connectivity index (χ3n) is 2.75. The molecule has 0 unspecified atom stereocenters. The van der Waals surface area contributed by atoms with Gasteiger partial charge in [-0.3, -0.25) is 10.1 Å². The Labute approximate surface area is 124 Å². The van der Waals surface area contributed by atoms with Crippen LogP contribution in [0.3, 0.4) is 0 Å². The van der Waals surface area contributed by atoms with Gasteiger partial charge >= 0.3 is 6.03 Å². The first kappa shape index (κ1) is 15.2. The zero-order valence-electron chi connectivity index (χ0n) is 11.5. The number of anilines is 2. The molecule has 0 fully saturated rings. The Balaban J connectivity index is 2.10. The second kappa shape index (κ2) is 6.53. The molecule has 114 valence electrons. The molecule has 8 heteroatoms. The third-order valence-corrected chi connectivity index (χ3v) is 2.75. The fraction of sp³-hybridized carbons (Fsp3) is 0.0714. The molecule has 0 aliphatic carbocycles. The van der Waals surface area contributed by atoms with E-state index in [4.69, 9.17) is 4.74 Å². The lowest BCUT2D eigenvalue weighted by atomic mass is 10.2. The summed E-state index contributed by atoms with van der Waals surface area (Å²) in [6, 6.07) is 8.46. The molecule has 0 aromatic heterocycles. The van der Waals surface area contributed by atoms with Crippen molar-refractivity contribution in [2.75, 3.05) is 17.7 Å². The van der Waals surface area contributed by atoms with Crippen molar-refractivity contribution in [3.05, 3.63) is 58.4 Å². The van der Waals surface area contributed by atoms with Crippen LogP contribution < -0.4 is 15.4 Å². The number of amides is 2. The highest BCUT2D eigenvalue weighted by Crippen LogP contribution is 2.29. The summed E-state index contributed by atoms with van der Waals surface area (Å²) >= 11 is 0. The summed E-state index contributed by atoms with van der Waals surface area (Å²) in [5, 5.41) is 15.7. The van der Waals surface area contributed by atoms with Crippen LogP contribution in [0.15, 0.2) is 42.5 Å². The van der Waals surface area contributed by atoms with Gasteiger partial charge in [0.15, 0.2) is 0 Å². The zero-order chi connectivity index (χ0) is 16.1. The molecular weight excluding hydrogens is 293 g/mol. The van der Waals surface area contributed by atoms with Crippen molar-refractivity contribution in [2.45, 2.75) is 0 Å². The molecule has 2 aromatic rings. The lowest BCUT2D eigenvalue weighted by Crippen LogP contribution is -2.19. The maximum absolute atomic E-state index is 12.8. The SMILES string of the molecule is COc1cc([N+](=O)[O-])ccc1NC(=O)Nc1ccc(F)cc1. The van der Waals surface area contributed by atoms with Crippen molar-refractivity contribution >= 4 is 23.1 Å². The molecule has 2 N–H and O–H groups in total. The molecule has 0 atom stereocenters. The number of carbonyl (C=O) groups excluding carboxylic acids is 1. The number of carbonyl (C=O) groups is 1. The molecule has 22 heavy (non-hydrogen) atoms. The van der Waals surface area contributed by atoms with E-state index in [-0.39, 0.29) is 17.1 Å². The minimum absolute atomic E-state index is 0.152. The number of benzene rings is 2. The lowest BCUT2D eigenvalue weighted by Gasteiger charge is -2.11. The molecule has 0 saturated carbocycles. The lowest BCUT2D eigenvalue weighted by molar-refractivity contribution is -0.384. The van der Waals surface area contributed by atoms with Crippen molar-refractivity contribution in [3.8, 4) is 5.75 Å². The molecule has 0 radical (unpaired) electrons. The predicted molar refractivity (Wildman–Crippen MR) is 78.7 cm³/mol. The summed E-state index contributed by atoms with van der Waals surface area (Å²) < 4.78 is 17.8. The summed E-state index contributed by atoms with van der Waals surface area (Å²) in [7, 11) is 1.34. The summed E-state index contributed by atoms with van der Waals surface area (Å²) in [6.07, 6.45) is 0. The Hall–Kier alpha value is -3.16. The minimum Gasteiger partial charge on any atom is -0.494 e. The zero-order valence-corrected chi connectivity index (χ0v) is 11.5. The van der Waals surface area contributed by atoms with Gasteiger partial charge in [0.2, 0.25) is 0 Å². The molecule has 0 bridgehead atoms. The van der Waals surface area contributed by atoms with Crippen LogP contribution in [-0.2, 0) is 0 Å². The van der Waals surface area contributed by atoms with Gasteiger partial charge in [-0.05, 0) is 30.3 Å². The standard InChI is InChI=1S/C14H12FN3O4/c1-22-13-8-11(18(20)21)6-7-12(13)17-14(19)16-10-4-2-9(15)3-5-10/h2-8H,1H3,(H2,16,17,19). The number of nitrogens with one attached hydrogen (secondary N) is 2. The summed E-state index contributed by atoms with van der Waals surface area (Å²) in [6.45, 7) is 0. The maximum Gasteiger partial charge on any atom is 0.323 e. The number of nitro benzene ring substituents is 1. The smallest absolute Gasteiger partial charge is 0.323 e. The van der Waals surface area contributed by atoms with E-state index in [9.17, 15) is 19.3 Å². The Bertz CT molecular complexity index is 704. The summed E-state index contributed by atoms with van der Waals surface area (Å²) in [4.78, 5) is 22.0. The van der Waals surface area contributed by atoms with E-state index in [1.54, 1.807) is 0 Å². The predicted octanol–water partition coefficient (Wildman–Crippen LogP) is 3.39. The molecule has 0 saturated heterocycles. The van der Waals surface area contributed by atoms with Crippen LogP contribution in [0.25, 0.3) is 0 Å². The number of methoxy groups -OCH3 is 1. The number of hydrogen-bond donors (Lipinski definition) is 2. The van der Waals surface area contributed by atoms with Crippen molar-refractivity contribution in [1.29, 1.82) is 0 Å². The fourth-order valence-electron chi connectivity index (χ4n) is 1.71. The maximum atomic E-state index is 12.8. The third kappa shape index (κ3) is 3.69. The Morgan fingerprint density at radius 2 is 1.86 bits per heavy atom. The Kier molecular flexibility index (Phi) is 4.52. The molecule has 2 amide bonds. The van der Waals surface area contributed by atoms with Crippen LogP contribution in [0.2, 0.25) is 0 Å². The molecule has 0 aliphatic heterocycles. The van der Waals surface area contributed by atoms with Gasteiger partial charge in [0.1, 0.15) is 11.6 Å². The highest BCUT2D eigenvalue weighted by molar-refractivity contribution is 6.00. The van der Waals surface area contributed by atoms with E-state index in [1.807, 2.05) is 0 Å². The number of nitrogens with zero attached hydrogens (tertiary/aromatic N) is 1. The normalized spacial score (nSPS) is 9.91. The van der Waals surface area contributed by atoms with Crippen molar-refractivity contribution in [3.63, 3.8) is 0 Å². The highest BCUT2D eigenvalue weighted by atomic mass is 19.1. The van der Waals surface area contributed by atoms with Gasteiger partial charge in [-0.25, -0.2) is 9.18 Å². The van der Waals surface area contributed by atoms with E-state index in [1.165, 1.54) is 49.6 Å². The van der Waals surface area contributed by atoms with Gasteiger partial charge in [0.05, 0.1) is 23.8 Å². The molecule has 7 nitrogen and oxygen atoms in total. The molecule has 0 aliphatic rings. The number of halogens is 1. The first-order valence-corrected chi connectivity index (χ1v) is 6.15. The molecule has 2 aromatic carbocycles. The van der Waals surface area contributed by atoms with Crippen molar-refractivity contribution < 1.29 is 18.8 Å². The van der Waals surface area contributed by atoms with E-state index < -0.39 is 16.8 Å². The van der Waals surface area contributed by atoms with Gasteiger partial charge in [-0.15, -0.1) is 0 Å². The van der Waals surface area contributed by atoms with E-state index in [2.05, 4.69) is 10.6 Å². The number of urea groups is 1. The average Bonchev–Trinajstić information content (AvgIpc) is 2.49. The first-order chi connectivity index (χ1) is 10.5. The second-order valence-corrected chi connectivity index (χ2v) is 4.23. The number of hydrogen-bond acceptors (Lipinski definition) is 4. The quantitative estimate of drug-likeness (QED) is 0.668. The van der Waals surface area contributed by atoms with Gasteiger partial charge < -0.3 is 15.4 Å². The number of non-ortho nitro benzene ring substituents is 1. The fourth-order valence-corrected chi connectivity index (χ4v) is 1.71. The van der Waals surface area contributed by atoms with E-state index in [0.29, 0.717) is 5.69 Å². The summed E-state index contributed by atoms with van der Waals surface area (Å²) in [5.74, 6) is -0.258. The van der Waals surface area contributed by atoms with Gasteiger partial charge in [0.25, 0.3) is 5.69 Å². The van der Waals surface area contributed by atoms with Crippen LogP contribution in [0.5, 0.6) is 5.75 Å². The minimum atomic E-state index is -0.584. The molecule has 0 heterocycles. The first-order valence-electron chi connectivity index (χ1n) is 6.15. The largest absolute Gasteiger partial charge is 0.494 e. The van der Waals surface area contributed by atoms with Gasteiger partial charge in [-0.1, -0.05) is 0 Å². The van der Waals surface area contributed by atoms with Crippen molar-refractivity contribution in [2.24, 2.45) is 0 Å². The molecular formula is C14H12FN3O4. The monoisotopic (exact) mass is 305 g/mol. The highest BCUT2D eigenvalue weighted by Gasteiger charge is 2.13. The number of rotatable bonds is 4. The van der Waals surface area contributed by atoms with Crippen molar-refractivity contribution in [1.82, 2.24) is 0 Å². The average molecular weight is 305 g/mol. The number of nitro groups is 1. The van der Waals surface area contributed by atoms with E-state index >= 15 is 0 Å². The molecule has 2 rings (SSSR count). The summed E-state index contributed by atoms with van der Waals surface area (Å²) in [5.41, 5.74) is 0.522. The van der Waals surface area contributed by atoms with Crippen LogP contribution >= 0.6 is 0 Å². The molecule has 0 spiro atoms. The van der Waals surface area contributed by atoms with E-state index in [0.717, 1.165) is 0 Å². The van der Waals surface area contributed by atoms with Crippen LogP contribution in [0.4, 0.5) is 26.2 Å². The number of ether oxygens (including phenoxy) is 1. The van der Waals surface area contributed by atoms with Gasteiger partial charge in [0, 0.05) is 11.8 Å². The van der Waals surface area contributed by atoms with Gasteiger partial charge in [-0.2, -0.15) is 0 Å². The van der Waals surface area contributed by atoms with Crippen LogP contribution in [-0.4, -0.2) is 18.1 Å². The van der Waals surface area contributed by atoms with Crippen LogP contribution in [0, 0.1) is 15.9 Å². The van der Waals surface area contributed by atoms with Crippen LogP contribution in [0.1, 0.15) is 0 Å².